The molecule has 7 aromatic rings. The molecule has 1 unspecified atom stereocenters. The molecule has 3 heterocycles. The number of amides is 1. The van der Waals surface area contributed by atoms with Crippen molar-refractivity contribution in [2.45, 2.75) is 24.5 Å². The van der Waals surface area contributed by atoms with Gasteiger partial charge >= 0.3 is 0 Å². The SMILES string of the molecule is COc1ccc(C2CC(c3ccc4ccccc4c3)=NN2C(=O)CSc2nc3ccccc3c(=O)n2-c2c(C)n(C)n(-c3ccccc3)c2=O)cc1. The highest BCUT2D eigenvalue weighted by atomic mass is 32.2. The summed E-state index contributed by atoms with van der Waals surface area (Å²) in [6.45, 7) is 1.80. The van der Waals surface area contributed by atoms with Gasteiger partial charge in [-0.25, -0.2) is 19.2 Å². The molecule has 0 bridgehead atoms. The minimum absolute atomic E-state index is 0.0787. The first-order valence-corrected chi connectivity index (χ1v) is 17.8. The van der Waals surface area contributed by atoms with Gasteiger partial charge in [0.15, 0.2) is 5.16 Å². The number of hydrazone groups is 1. The van der Waals surface area contributed by atoms with Crippen LogP contribution in [0.3, 0.4) is 0 Å². The summed E-state index contributed by atoms with van der Waals surface area (Å²) >= 11 is 1.11. The number of nitrogens with zero attached hydrogens (tertiary/aromatic N) is 6. The van der Waals surface area contributed by atoms with Gasteiger partial charge in [0.1, 0.15) is 11.4 Å². The van der Waals surface area contributed by atoms with Gasteiger partial charge in [0.25, 0.3) is 17.0 Å². The molecule has 0 saturated heterocycles. The highest BCUT2D eigenvalue weighted by molar-refractivity contribution is 7.99. The van der Waals surface area contributed by atoms with E-state index in [1.165, 1.54) is 9.25 Å². The molecular weight excluding hydrogens is 673 g/mol. The first kappa shape index (κ1) is 33.0. The van der Waals surface area contributed by atoms with E-state index < -0.39 is 0 Å². The van der Waals surface area contributed by atoms with E-state index in [1.807, 2.05) is 78.9 Å². The summed E-state index contributed by atoms with van der Waals surface area (Å²) in [6, 6.07) is 37.9. The van der Waals surface area contributed by atoms with Crippen LogP contribution < -0.4 is 15.9 Å². The number of benzene rings is 5. The van der Waals surface area contributed by atoms with Crippen molar-refractivity contribution < 1.29 is 9.53 Å². The maximum Gasteiger partial charge on any atom is 0.296 e. The zero-order valence-electron chi connectivity index (χ0n) is 28.8. The van der Waals surface area contributed by atoms with Gasteiger partial charge in [0, 0.05) is 13.5 Å². The molecule has 258 valence electrons. The molecule has 2 aromatic heterocycles. The van der Waals surface area contributed by atoms with Crippen LogP contribution in [0.2, 0.25) is 0 Å². The molecule has 1 atom stereocenters. The third-order valence-corrected chi connectivity index (χ3v) is 10.5. The molecule has 0 aliphatic carbocycles. The van der Waals surface area contributed by atoms with Gasteiger partial charge < -0.3 is 4.74 Å². The van der Waals surface area contributed by atoms with Crippen LogP contribution in [0.5, 0.6) is 5.75 Å². The number of thioether (sulfide) groups is 1. The molecule has 0 saturated carbocycles. The highest BCUT2D eigenvalue weighted by Crippen LogP contribution is 2.35. The van der Waals surface area contributed by atoms with Crippen LogP contribution in [0.4, 0.5) is 0 Å². The minimum Gasteiger partial charge on any atom is -0.497 e. The number of ether oxygens (including phenoxy) is 1. The van der Waals surface area contributed by atoms with Crippen molar-refractivity contribution in [3.05, 3.63) is 159 Å². The van der Waals surface area contributed by atoms with Crippen LogP contribution in [-0.2, 0) is 11.8 Å². The molecule has 52 heavy (non-hydrogen) atoms. The summed E-state index contributed by atoms with van der Waals surface area (Å²) in [6.07, 6.45) is 0.516. The molecule has 8 rings (SSSR count). The van der Waals surface area contributed by atoms with Crippen molar-refractivity contribution in [2.75, 3.05) is 12.9 Å². The lowest BCUT2D eigenvalue weighted by molar-refractivity contribution is -0.130. The van der Waals surface area contributed by atoms with Gasteiger partial charge in [-0.1, -0.05) is 90.6 Å². The zero-order valence-corrected chi connectivity index (χ0v) is 29.6. The number of carbonyl (C=O) groups excluding carboxylic acids is 1. The molecule has 0 radical (unpaired) electrons. The van der Waals surface area contributed by atoms with Gasteiger partial charge in [-0.3, -0.25) is 19.1 Å². The number of para-hydroxylation sites is 2. The van der Waals surface area contributed by atoms with E-state index in [-0.39, 0.29) is 39.7 Å². The summed E-state index contributed by atoms with van der Waals surface area (Å²) in [5, 5.41) is 9.28. The van der Waals surface area contributed by atoms with Crippen molar-refractivity contribution in [1.82, 2.24) is 23.9 Å². The smallest absolute Gasteiger partial charge is 0.296 e. The monoisotopic (exact) mass is 706 g/mol. The first-order valence-electron chi connectivity index (χ1n) is 16.8. The second-order valence-electron chi connectivity index (χ2n) is 12.6. The Bertz CT molecular complexity index is 2640. The Kier molecular flexibility index (Phi) is 8.56. The van der Waals surface area contributed by atoms with Crippen LogP contribution >= 0.6 is 11.8 Å². The van der Waals surface area contributed by atoms with Crippen molar-refractivity contribution in [2.24, 2.45) is 12.1 Å². The summed E-state index contributed by atoms with van der Waals surface area (Å²) in [5.74, 6) is 0.376. The Morgan fingerprint density at radius 1 is 0.846 bits per heavy atom. The molecule has 0 N–H and O–H groups in total. The number of hydrogen-bond acceptors (Lipinski definition) is 7. The van der Waals surface area contributed by atoms with Crippen LogP contribution in [0.1, 0.15) is 29.3 Å². The van der Waals surface area contributed by atoms with Gasteiger partial charge in [0.2, 0.25) is 0 Å². The second-order valence-corrected chi connectivity index (χ2v) is 13.5. The van der Waals surface area contributed by atoms with Crippen LogP contribution in [0, 0.1) is 6.92 Å². The van der Waals surface area contributed by atoms with E-state index in [9.17, 15) is 14.4 Å². The van der Waals surface area contributed by atoms with Crippen molar-refractivity contribution in [3.63, 3.8) is 0 Å². The molecule has 1 aliphatic rings. The largest absolute Gasteiger partial charge is 0.497 e. The van der Waals surface area contributed by atoms with Gasteiger partial charge in [-0.15, -0.1) is 0 Å². The Morgan fingerprint density at radius 3 is 2.33 bits per heavy atom. The number of rotatable bonds is 8. The normalized spacial score (nSPS) is 14.2. The molecule has 10 nitrogen and oxygen atoms in total. The molecule has 0 spiro atoms. The van der Waals surface area contributed by atoms with Crippen molar-refractivity contribution in [1.29, 1.82) is 0 Å². The molecule has 5 aromatic carbocycles. The van der Waals surface area contributed by atoms with Crippen molar-refractivity contribution >= 4 is 45.1 Å². The van der Waals surface area contributed by atoms with Gasteiger partial charge in [0.05, 0.1) is 46.9 Å². The van der Waals surface area contributed by atoms with E-state index in [0.29, 0.717) is 34.5 Å². The van der Waals surface area contributed by atoms with Gasteiger partial charge in [-0.2, -0.15) is 5.10 Å². The van der Waals surface area contributed by atoms with Crippen LogP contribution in [0.25, 0.3) is 33.1 Å². The fraction of sp³-hybridized carbons (Fsp3) is 0.146. The first-order chi connectivity index (χ1) is 25.3. The summed E-state index contributed by atoms with van der Waals surface area (Å²) in [7, 11) is 3.40. The predicted molar refractivity (Wildman–Crippen MR) is 205 cm³/mol. The van der Waals surface area contributed by atoms with Gasteiger partial charge in [-0.05, 0) is 71.3 Å². The fourth-order valence-electron chi connectivity index (χ4n) is 6.78. The second kappa shape index (κ2) is 13.5. The average Bonchev–Trinajstić information content (AvgIpc) is 3.72. The molecule has 1 amide bonds. The number of carbonyl (C=O) groups is 1. The molecular formula is C41H34N6O4S. The number of aromatic nitrogens is 4. The quantitative estimate of drug-likeness (QED) is 0.127. The van der Waals surface area contributed by atoms with Crippen LogP contribution in [-0.4, -0.2) is 48.4 Å². The van der Waals surface area contributed by atoms with E-state index in [4.69, 9.17) is 14.8 Å². The number of methoxy groups -OCH3 is 1. The molecule has 11 heteroatoms. The lowest BCUT2D eigenvalue weighted by atomic mass is 9.97. The predicted octanol–water partition coefficient (Wildman–Crippen LogP) is 6.82. The summed E-state index contributed by atoms with van der Waals surface area (Å²) in [4.78, 5) is 47.5. The molecule has 0 fully saturated rings. The summed E-state index contributed by atoms with van der Waals surface area (Å²) in [5.41, 5.74) is 3.79. The van der Waals surface area contributed by atoms with E-state index in [2.05, 4.69) is 24.3 Å². The maximum atomic E-state index is 14.3. The Labute approximate surface area is 303 Å². The zero-order chi connectivity index (χ0) is 35.9. The average molecular weight is 707 g/mol. The Hall–Kier alpha value is -6.20. The molecule has 1 aliphatic heterocycles. The number of hydrogen-bond donors (Lipinski definition) is 0. The van der Waals surface area contributed by atoms with E-state index in [1.54, 1.807) is 49.0 Å². The summed E-state index contributed by atoms with van der Waals surface area (Å²) < 4.78 is 9.99. The topological polar surface area (TPSA) is 104 Å². The van der Waals surface area contributed by atoms with Crippen LogP contribution in [0.15, 0.2) is 141 Å². The maximum absolute atomic E-state index is 14.3. The number of fused-ring (bicyclic) bond motifs is 2. The third kappa shape index (κ3) is 5.78. The lowest BCUT2D eigenvalue weighted by Crippen LogP contribution is -2.30. The standard InChI is InChI=1S/C41H34N6O4S/c1-26-38(40(50)47(44(26)2)31-13-5-4-6-14-31)45-39(49)33-15-9-10-16-34(33)42-41(45)52-25-37(48)46-36(28-19-21-32(51-3)22-20-28)24-35(43-46)30-18-17-27-11-7-8-12-29(27)23-30/h4-23,36H,24-25H2,1-3H3. The van der Waals surface area contributed by atoms with Crippen molar-refractivity contribution in [3.8, 4) is 17.1 Å². The minimum atomic E-state index is -0.388. The Morgan fingerprint density at radius 2 is 1.56 bits per heavy atom. The highest BCUT2D eigenvalue weighted by Gasteiger charge is 2.34. The Balaban J connectivity index is 1.18. The lowest BCUT2D eigenvalue weighted by Gasteiger charge is -2.22. The fourth-order valence-corrected chi connectivity index (χ4v) is 7.63. The third-order valence-electron chi connectivity index (χ3n) is 9.57. The van der Waals surface area contributed by atoms with E-state index in [0.717, 1.165) is 39.4 Å². The van der Waals surface area contributed by atoms with E-state index >= 15 is 0 Å².